The van der Waals surface area contributed by atoms with Crippen LogP contribution in [0.5, 0.6) is 0 Å². The van der Waals surface area contributed by atoms with E-state index >= 15 is 0 Å². The van der Waals surface area contributed by atoms with Crippen molar-refractivity contribution in [3.63, 3.8) is 0 Å². The van der Waals surface area contributed by atoms with Gasteiger partial charge in [0.15, 0.2) is 0 Å². The van der Waals surface area contributed by atoms with Gasteiger partial charge in [0, 0.05) is 0 Å². The Balaban J connectivity index is -0.000000333. The third-order valence-corrected chi connectivity index (χ3v) is 3.12. The predicted octanol–water partition coefficient (Wildman–Crippen LogP) is 4.67. The van der Waals surface area contributed by atoms with E-state index in [2.05, 4.69) is 19.1 Å². The average molecular weight is 455 g/mol. The Hall–Kier alpha value is 1.80. The van der Waals surface area contributed by atoms with Crippen molar-refractivity contribution < 1.29 is 24.7 Å². The van der Waals surface area contributed by atoms with Gasteiger partial charge in [0.05, 0.1) is 0 Å². The number of hydrogen-bond donors (Lipinski definition) is 0. The van der Waals surface area contributed by atoms with Crippen molar-refractivity contribution in [3.8, 4) is 0 Å². The van der Waals surface area contributed by atoms with Crippen LogP contribution in [-0.2, 0) is 24.7 Å². The van der Waals surface area contributed by atoms with Crippen LogP contribution in [0.25, 0.3) is 0 Å². The van der Waals surface area contributed by atoms with Crippen molar-refractivity contribution in [1.29, 1.82) is 0 Å². The molecule has 0 saturated heterocycles. The molecule has 13 heavy (non-hydrogen) atoms. The molecule has 4 heteroatoms. The molecule has 0 amide bonds. The summed E-state index contributed by atoms with van der Waals surface area (Å²) in [7, 11) is 0. The van der Waals surface area contributed by atoms with E-state index in [4.69, 9.17) is 0 Å². The number of allylic oxidation sites excluding steroid dienone is 4. The monoisotopic (exact) mass is 451 g/mol. The van der Waals surface area contributed by atoms with Gasteiger partial charge in [-0.1, -0.05) is 0 Å². The van der Waals surface area contributed by atoms with Crippen molar-refractivity contribution in [2.75, 3.05) is 0 Å². The summed E-state index contributed by atoms with van der Waals surface area (Å²) in [4.78, 5) is 0. The molecule has 0 fully saturated rings. The Morgan fingerprint density at radius 3 is 2.31 bits per heavy atom. The van der Waals surface area contributed by atoms with Gasteiger partial charge in [-0.25, -0.2) is 0 Å². The topological polar surface area (TPSA) is 0 Å². The van der Waals surface area contributed by atoms with Crippen molar-refractivity contribution >= 4 is 50.9 Å². The van der Waals surface area contributed by atoms with E-state index in [1.54, 1.807) is 33.6 Å². The van der Waals surface area contributed by atoms with Gasteiger partial charge < -0.3 is 0 Å². The van der Waals surface area contributed by atoms with E-state index in [-0.39, 0.29) is 50.9 Å². The summed E-state index contributed by atoms with van der Waals surface area (Å²) in [6, 6.07) is 0. The third-order valence-electron chi connectivity index (χ3n) is 1.83. The molecule has 77 valence electrons. The van der Waals surface area contributed by atoms with E-state index in [1.165, 1.54) is 25.7 Å². The molecule has 0 aromatic carbocycles. The Morgan fingerprint density at radius 1 is 1.31 bits per heavy atom. The molecular formula is C9H16Br3Zr. The number of hydrogen-bond acceptors (Lipinski definition) is 0. The summed E-state index contributed by atoms with van der Waals surface area (Å²) in [5.41, 5.74) is 1.63. The molecule has 1 rings (SSSR count). The summed E-state index contributed by atoms with van der Waals surface area (Å²) < 4.78 is 1.67. The number of halogens is 3. The minimum absolute atomic E-state index is 0. The van der Waals surface area contributed by atoms with Gasteiger partial charge in [-0.2, -0.15) is 0 Å². The molecule has 0 heterocycles. The summed E-state index contributed by atoms with van der Waals surface area (Å²) in [5.74, 6) is 0. The van der Waals surface area contributed by atoms with Gasteiger partial charge in [0.25, 0.3) is 0 Å². The number of rotatable bonds is 3. The van der Waals surface area contributed by atoms with Crippen molar-refractivity contribution in [2.24, 2.45) is 0 Å². The Labute approximate surface area is 128 Å². The zero-order valence-electron chi connectivity index (χ0n) is 7.71. The van der Waals surface area contributed by atoms with Crippen molar-refractivity contribution in [1.82, 2.24) is 0 Å². The van der Waals surface area contributed by atoms with Crippen LogP contribution in [0, 0.1) is 0 Å². The summed E-state index contributed by atoms with van der Waals surface area (Å²) in [6.45, 7) is 2.25. The average Bonchev–Trinajstić information content (AvgIpc) is 2.31. The fourth-order valence-corrected chi connectivity index (χ4v) is 1.95. The van der Waals surface area contributed by atoms with Crippen molar-refractivity contribution in [3.05, 3.63) is 21.0 Å². The Kier molecular flexibility index (Phi) is 18.5. The first kappa shape index (κ1) is 20.2. The fourth-order valence-electron chi connectivity index (χ4n) is 1.15. The second kappa shape index (κ2) is 11.9. The standard InChI is InChI=1S/C9H13.3BrH.Zr/c1-2-3-6-9-7-4-5-8-9;;;;/h4,7H,2-3,5-6H2,1H3;3*1H;. The first-order valence-electron chi connectivity index (χ1n) is 3.94. The Bertz CT molecular complexity index is 176. The minimum atomic E-state index is 0. The van der Waals surface area contributed by atoms with E-state index in [9.17, 15) is 0 Å². The van der Waals surface area contributed by atoms with Crippen LogP contribution in [0.4, 0.5) is 0 Å². The molecule has 0 aromatic heterocycles. The van der Waals surface area contributed by atoms with Gasteiger partial charge in [-0.05, 0) is 0 Å². The van der Waals surface area contributed by atoms with Crippen LogP contribution < -0.4 is 0 Å². The van der Waals surface area contributed by atoms with Crippen LogP contribution in [-0.4, -0.2) is 0 Å². The van der Waals surface area contributed by atoms with Crippen molar-refractivity contribution in [2.45, 2.75) is 32.6 Å². The maximum atomic E-state index is 2.31. The molecule has 1 aliphatic rings. The molecule has 0 aliphatic heterocycles. The molecule has 0 saturated carbocycles. The van der Waals surface area contributed by atoms with Gasteiger partial charge in [0.2, 0.25) is 0 Å². The molecular weight excluding hydrogens is 439 g/mol. The SMILES string of the molecule is Br.Br.Br.CCCCC1=[C]([Zr])CC=C1. The quantitative estimate of drug-likeness (QED) is 0.581. The molecule has 0 radical (unpaired) electrons. The summed E-state index contributed by atoms with van der Waals surface area (Å²) in [6.07, 6.45) is 9.82. The van der Waals surface area contributed by atoms with E-state index in [1.807, 2.05) is 0 Å². The van der Waals surface area contributed by atoms with Gasteiger partial charge in [0.1, 0.15) is 0 Å². The molecule has 0 spiro atoms. The van der Waals surface area contributed by atoms with Gasteiger partial charge in [-0.3, -0.25) is 0 Å². The predicted molar refractivity (Wildman–Crippen MR) is 71.3 cm³/mol. The first-order valence-corrected chi connectivity index (χ1v) is 5.17. The van der Waals surface area contributed by atoms with E-state index in [0.29, 0.717) is 0 Å². The van der Waals surface area contributed by atoms with E-state index in [0.717, 1.165) is 0 Å². The second-order valence-electron chi connectivity index (χ2n) is 2.71. The molecule has 0 bridgehead atoms. The zero-order chi connectivity index (χ0) is 7.40. The number of unbranched alkanes of at least 4 members (excludes halogenated alkanes) is 1. The van der Waals surface area contributed by atoms with Crippen LogP contribution in [0.15, 0.2) is 21.0 Å². The van der Waals surface area contributed by atoms with Gasteiger partial charge in [-0.15, -0.1) is 50.9 Å². The van der Waals surface area contributed by atoms with Crippen LogP contribution >= 0.6 is 50.9 Å². The molecule has 0 unspecified atom stereocenters. The summed E-state index contributed by atoms with van der Waals surface area (Å²) in [5, 5.41) is 0. The zero-order valence-corrected chi connectivity index (χ0v) is 15.3. The van der Waals surface area contributed by atoms with Gasteiger partial charge >= 0.3 is 78.3 Å². The normalized spacial score (nSPS) is 12.9. The van der Waals surface area contributed by atoms with Crippen LogP contribution in [0.3, 0.4) is 0 Å². The second-order valence-corrected chi connectivity index (χ2v) is 4.20. The van der Waals surface area contributed by atoms with E-state index < -0.39 is 0 Å². The van der Waals surface area contributed by atoms with Crippen LogP contribution in [0.2, 0.25) is 0 Å². The van der Waals surface area contributed by atoms with Crippen LogP contribution in [0.1, 0.15) is 32.6 Å². The molecule has 0 atom stereocenters. The first-order chi connectivity index (χ1) is 4.84. The Morgan fingerprint density at radius 2 is 1.92 bits per heavy atom. The molecule has 0 N–H and O–H groups in total. The summed E-state index contributed by atoms with van der Waals surface area (Å²) >= 11 is 1.61. The maximum absolute atomic E-state index is 2.31. The molecule has 1 aliphatic carbocycles. The molecule has 0 aromatic rings. The third kappa shape index (κ3) is 7.70. The fraction of sp³-hybridized carbons (Fsp3) is 0.556. The molecule has 0 nitrogen and oxygen atoms in total.